The van der Waals surface area contributed by atoms with E-state index in [1.165, 1.54) is 35.4 Å². The van der Waals surface area contributed by atoms with Crippen LogP contribution < -0.4 is 5.32 Å². The number of halogens is 2. The number of hydrogen-bond donors (Lipinski definition) is 1. The summed E-state index contributed by atoms with van der Waals surface area (Å²) >= 11 is 0. The highest BCUT2D eigenvalue weighted by Crippen LogP contribution is 2.39. The molecule has 1 aliphatic heterocycles. The summed E-state index contributed by atoms with van der Waals surface area (Å²) < 4.78 is 54.4. The molecule has 1 saturated heterocycles. The zero-order valence-electron chi connectivity index (χ0n) is 16.2. The fourth-order valence-corrected chi connectivity index (χ4v) is 5.12. The molecule has 1 aliphatic rings. The second-order valence-electron chi connectivity index (χ2n) is 7.18. The van der Waals surface area contributed by atoms with Gasteiger partial charge in [-0.3, -0.25) is 0 Å². The smallest absolute Gasteiger partial charge is 0.321 e. The molecule has 2 aromatic rings. The number of anilines is 1. The van der Waals surface area contributed by atoms with Crippen molar-refractivity contribution in [1.82, 2.24) is 9.88 Å². The largest absolute Gasteiger partial charge is 0.325 e. The molecular weight excluding hydrogens is 414 g/mol. The molecular formula is C20H20F2N4O3S. The van der Waals surface area contributed by atoms with E-state index in [1.54, 1.807) is 0 Å². The highest BCUT2D eigenvalue weighted by Gasteiger charge is 2.48. The van der Waals surface area contributed by atoms with Gasteiger partial charge in [0, 0.05) is 30.9 Å². The lowest BCUT2D eigenvalue weighted by Crippen LogP contribution is -2.48. The Morgan fingerprint density at radius 2 is 2.00 bits per heavy atom. The number of nitrogens with zero attached hydrogens (tertiary/aromatic N) is 3. The van der Waals surface area contributed by atoms with Gasteiger partial charge in [0.2, 0.25) is 14.8 Å². The second-order valence-corrected chi connectivity index (χ2v) is 9.46. The van der Waals surface area contributed by atoms with Crippen molar-refractivity contribution in [3.8, 4) is 6.07 Å². The summed E-state index contributed by atoms with van der Waals surface area (Å²) in [5, 5.41) is 8.92. The molecule has 3 rings (SSSR count). The van der Waals surface area contributed by atoms with E-state index in [1.807, 2.05) is 6.07 Å². The van der Waals surface area contributed by atoms with Crippen LogP contribution in [-0.4, -0.2) is 42.4 Å². The molecule has 1 aromatic heterocycles. The summed E-state index contributed by atoms with van der Waals surface area (Å²) in [4.78, 5) is 17.3. The maximum absolute atomic E-state index is 15.5. The van der Waals surface area contributed by atoms with E-state index in [2.05, 4.69) is 10.3 Å². The quantitative estimate of drug-likeness (QED) is 0.793. The molecule has 0 radical (unpaired) electrons. The molecule has 1 N–H and O–H groups in total. The van der Waals surface area contributed by atoms with Gasteiger partial charge in [-0.1, -0.05) is 6.07 Å². The number of carbonyl (C=O) groups excluding carboxylic acids is 1. The SMILES string of the molecule is C[C@](F)(C1CCN(C(=O)Nc2ccnc(C#N)c2)CC1)S(=O)(=O)c1cccc(F)c1. The predicted octanol–water partition coefficient (Wildman–Crippen LogP) is 3.50. The number of rotatable bonds is 4. The monoisotopic (exact) mass is 434 g/mol. The number of carbonyl (C=O) groups is 1. The molecule has 2 amide bonds. The average molecular weight is 434 g/mol. The number of urea groups is 1. The van der Waals surface area contributed by atoms with Crippen LogP contribution in [0.4, 0.5) is 19.3 Å². The van der Waals surface area contributed by atoms with Crippen LogP contribution in [0.25, 0.3) is 0 Å². The zero-order valence-corrected chi connectivity index (χ0v) is 17.0. The number of benzene rings is 1. The van der Waals surface area contributed by atoms with Gasteiger partial charge in [0.05, 0.1) is 4.90 Å². The molecule has 10 heteroatoms. The number of hydrogen-bond acceptors (Lipinski definition) is 5. The lowest BCUT2D eigenvalue weighted by molar-refractivity contribution is 0.117. The van der Waals surface area contributed by atoms with Gasteiger partial charge in [-0.05, 0) is 50.1 Å². The van der Waals surface area contributed by atoms with E-state index in [-0.39, 0.29) is 31.6 Å². The first-order valence-corrected chi connectivity index (χ1v) is 10.7. The van der Waals surface area contributed by atoms with Gasteiger partial charge in [0.15, 0.2) is 0 Å². The number of pyridine rings is 1. The molecule has 0 unspecified atom stereocenters. The highest BCUT2D eigenvalue weighted by molar-refractivity contribution is 7.92. The number of sulfone groups is 1. The van der Waals surface area contributed by atoms with Crippen LogP contribution in [-0.2, 0) is 9.84 Å². The van der Waals surface area contributed by atoms with Crippen molar-refractivity contribution in [2.75, 3.05) is 18.4 Å². The Labute approximate surface area is 173 Å². The van der Waals surface area contributed by atoms with Crippen LogP contribution in [0.2, 0.25) is 0 Å². The molecule has 0 saturated carbocycles. The predicted molar refractivity (Wildman–Crippen MR) is 105 cm³/mol. The molecule has 1 aromatic carbocycles. The van der Waals surface area contributed by atoms with Gasteiger partial charge in [-0.25, -0.2) is 27.0 Å². The van der Waals surface area contributed by atoms with Crippen molar-refractivity contribution < 1.29 is 22.0 Å². The van der Waals surface area contributed by atoms with Gasteiger partial charge in [0.1, 0.15) is 17.6 Å². The molecule has 158 valence electrons. The van der Waals surface area contributed by atoms with Crippen molar-refractivity contribution in [2.45, 2.75) is 29.7 Å². The molecule has 0 bridgehead atoms. The third-order valence-corrected chi connectivity index (χ3v) is 7.53. The fraction of sp³-hybridized carbons (Fsp3) is 0.350. The van der Waals surface area contributed by atoms with Crippen molar-refractivity contribution in [3.63, 3.8) is 0 Å². The van der Waals surface area contributed by atoms with Crippen LogP contribution >= 0.6 is 0 Å². The lowest BCUT2D eigenvalue weighted by atomic mass is 9.92. The Bertz CT molecular complexity index is 1090. The molecule has 7 nitrogen and oxygen atoms in total. The van der Waals surface area contributed by atoms with E-state index in [0.717, 1.165) is 19.1 Å². The number of aromatic nitrogens is 1. The standard InChI is InChI=1S/C20H20F2N4O3S/c1-20(22,30(28,29)18-4-2-3-15(21)11-18)14-6-9-26(10-7-14)19(27)25-16-5-8-24-17(12-16)13-23/h2-5,8,11-12,14H,6-7,9-10H2,1H3,(H,24,25,27)/t20-/m1/s1. The van der Waals surface area contributed by atoms with Gasteiger partial charge >= 0.3 is 6.03 Å². The van der Waals surface area contributed by atoms with Crippen molar-refractivity contribution in [1.29, 1.82) is 5.26 Å². The summed E-state index contributed by atoms with van der Waals surface area (Å²) in [6, 6.07) is 8.70. The van der Waals surface area contributed by atoms with Crippen LogP contribution in [0.5, 0.6) is 0 Å². The van der Waals surface area contributed by atoms with E-state index in [4.69, 9.17) is 5.26 Å². The number of nitriles is 1. The number of nitrogens with one attached hydrogen (secondary N) is 1. The molecule has 0 aliphatic carbocycles. The molecule has 2 heterocycles. The molecule has 1 fully saturated rings. The highest BCUT2D eigenvalue weighted by atomic mass is 32.2. The Morgan fingerprint density at radius 1 is 1.30 bits per heavy atom. The maximum Gasteiger partial charge on any atom is 0.321 e. The van der Waals surface area contributed by atoms with Crippen molar-refractivity contribution >= 4 is 21.6 Å². The average Bonchev–Trinajstić information content (AvgIpc) is 2.73. The van der Waals surface area contributed by atoms with Crippen LogP contribution in [0.3, 0.4) is 0 Å². The van der Waals surface area contributed by atoms with Gasteiger partial charge in [-0.15, -0.1) is 0 Å². The van der Waals surface area contributed by atoms with Crippen LogP contribution in [0.1, 0.15) is 25.5 Å². The first-order valence-electron chi connectivity index (χ1n) is 9.26. The van der Waals surface area contributed by atoms with Gasteiger partial charge in [0.25, 0.3) is 0 Å². The third kappa shape index (κ3) is 4.26. The minimum atomic E-state index is -4.42. The number of piperidine rings is 1. The number of alkyl halides is 1. The van der Waals surface area contributed by atoms with Crippen molar-refractivity contribution in [3.05, 3.63) is 54.1 Å². The van der Waals surface area contributed by atoms with Crippen LogP contribution in [0.15, 0.2) is 47.5 Å². The summed E-state index contributed by atoms with van der Waals surface area (Å²) in [7, 11) is -4.42. The van der Waals surface area contributed by atoms with Gasteiger partial charge < -0.3 is 10.2 Å². The summed E-state index contributed by atoms with van der Waals surface area (Å²) in [5.74, 6) is -1.60. The topological polar surface area (TPSA) is 103 Å². The minimum absolute atomic E-state index is 0.134. The summed E-state index contributed by atoms with van der Waals surface area (Å²) in [5.41, 5.74) is 0.556. The fourth-order valence-electron chi connectivity index (χ4n) is 3.45. The maximum atomic E-state index is 15.5. The summed E-state index contributed by atoms with van der Waals surface area (Å²) in [6.45, 7) is 1.31. The van der Waals surface area contributed by atoms with E-state index in [0.29, 0.717) is 5.69 Å². The Hall–Kier alpha value is -3.06. The Balaban J connectivity index is 1.66. The number of likely N-dealkylation sites (tertiary alicyclic amines) is 1. The zero-order chi connectivity index (χ0) is 21.9. The Kier molecular flexibility index (Phi) is 6.03. The molecule has 30 heavy (non-hydrogen) atoms. The first-order chi connectivity index (χ1) is 14.1. The van der Waals surface area contributed by atoms with Gasteiger partial charge in [-0.2, -0.15) is 5.26 Å². The van der Waals surface area contributed by atoms with Crippen molar-refractivity contribution in [2.24, 2.45) is 5.92 Å². The summed E-state index contributed by atoms with van der Waals surface area (Å²) in [6.07, 6.45) is 1.66. The first kappa shape index (κ1) is 21.6. The molecule has 1 atom stereocenters. The number of amides is 2. The van der Waals surface area contributed by atoms with Crippen LogP contribution in [0, 0.1) is 23.1 Å². The van der Waals surface area contributed by atoms with E-state index < -0.39 is 37.5 Å². The third-order valence-electron chi connectivity index (χ3n) is 5.27. The Morgan fingerprint density at radius 3 is 2.63 bits per heavy atom. The minimum Gasteiger partial charge on any atom is -0.325 e. The lowest BCUT2D eigenvalue weighted by Gasteiger charge is -2.37. The normalized spacial score (nSPS) is 17.1. The second kappa shape index (κ2) is 8.36. The van der Waals surface area contributed by atoms with E-state index in [9.17, 15) is 17.6 Å². The van der Waals surface area contributed by atoms with E-state index >= 15 is 4.39 Å². The molecule has 0 spiro atoms.